The standard InChI is InChI=1S/C36H40N4O3/c1-42-30-20-19-29(33(23-30)43-2)24-40-34(21-16-25-10-4-3-5-11-25)38-39-35(40)32(37-36(41)27-13-6-7-14-27)22-28-18-17-26-12-8-9-15-31(26)28/h3-5,8-12,15,18-20,23,27,32H,6-7,13-14,16-17,21-22,24H2,1-2H3,(H,37,41)/t32-/m1/s1. The highest BCUT2D eigenvalue weighted by atomic mass is 16.5. The first-order chi connectivity index (χ1) is 21.1. The average molecular weight is 577 g/mol. The monoisotopic (exact) mass is 576 g/mol. The number of aryl methyl sites for hydroxylation is 2. The zero-order valence-electron chi connectivity index (χ0n) is 25.1. The van der Waals surface area contributed by atoms with E-state index in [1.54, 1.807) is 14.2 Å². The molecular weight excluding hydrogens is 536 g/mol. The number of rotatable bonds is 12. The summed E-state index contributed by atoms with van der Waals surface area (Å²) in [6.07, 6.45) is 9.55. The summed E-state index contributed by atoms with van der Waals surface area (Å²) in [5, 5.41) is 13.0. The quantitative estimate of drug-likeness (QED) is 0.208. The van der Waals surface area contributed by atoms with Crippen LogP contribution in [-0.4, -0.2) is 34.9 Å². The maximum absolute atomic E-state index is 13.6. The molecule has 1 fully saturated rings. The molecule has 43 heavy (non-hydrogen) atoms. The van der Waals surface area contributed by atoms with Gasteiger partial charge in [0.2, 0.25) is 5.91 Å². The number of amides is 1. The lowest BCUT2D eigenvalue weighted by Crippen LogP contribution is -2.35. The fourth-order valence-corrected chi connectivity index (χ4v) is 6.47. The molecule has 0 saturated heterocycles. The number of nitrogens with one attached hydrogen (secondary N) is 1. The van der Waals surface area contributed by atoms with E-state index in [0.717, 1.165) is 73.7 Å². The predicted molar refractivity (Wildman–Crippen MR) is 168 cm³/mol. The summed E-state index contributed by atoms with van der Waals surface area (Å²) in [6, 6.07) is 24.6. The number of allylic oxidation sites excluding steroid dienone is 1. The van der Waals surface area contributed by atoms with Crippen molar-refractivity contribution in [2.24, 2.45) is 5.92 Å². The van der Waals surface area contributed by atoms with E-state index in [1.807, 2.05) is 24.3 Å². The van der Waals surface area contributed by atoms with Crippen LogP contribution in [0.25, 0.3) is 5.57 Å². The van der Waals surface area contributed by atoms with Crippen molar-refractivity contribution in [2.75, 3.05) is 14.2 Å². The lowest BCUT2D eigenvalue weighted by molar-refractivity contribution is -0.125. The van der Waals surface area contributed by atoms with E-state index < -0.39 is 0 Å². The third-order valence-corrected chi connectivity index (χ3v) is 8.87. The van der Waals surface area contributed by atoms with Gasteiger partial charge in [-0.2, -0.15) is 0 Å². The van der Waals surface area contributed by atoms with Crippen LogP contribution in [0.1, 0.15) is 72.0 Å². The van der Waals surface area contributed by atoms with Crippen LogP contribution in [0.15, 0.2) is 78.9 Å². The molecule has 0 aliphatic heterocycles. The van der Waals surface area contributed by atoms with Crippen LogP contribution >= 0.6 is 0 Å². The SMILES string of the molecule is COc1ccc(Cn2c(CCc3ccccc3)nnc2[C@@H](CC2=CCc3ccccc32)NC(=O)C2CCCC2)c(OC)c1. The molecule has 1 aromatic heterocycles. The predicted octanol–water partition coefficient (Wildman–Crippen LogP) is 6.51. The third kappa shape index (κ3) is 6.51. The number of methoxy groups -OCH3 is 2. The van der Waals surface area contributed by atoms with E-state index in [-0.39, 0.29) is 17.9 Å². The lowest BCUT2D eigenvalue weighted by Gasteiger charge is -2.23. The molecule has 4 aromatic rings. The van der Waals surface area contributed by atoms with E-state index >= 15 is 0 Å². The number of hydrogen-bond acceptors (Lipinski definition) is 5. The van der Waals surface area contributed by atoms with Gasteiger partial charge in [0.05, 0.1) is 26.8 Å². The molecule has 1 N–H and O–H groups in total. The summed E-state index contributed by atoms with van der Waals surface area (Å²) in [4.78, 5) is 13.6. The number of hydrogen-bond donors (Lipinski definition) is 1. The maximum atomic E-state index is 13.6. The zero-order valence-corrected chi connectivity index (χ0v) is 25.1. The van der Waals surface area contributed by atoms with Crippen molar-refractivity contribution in [3.05, 3.63) is 113 Å². The van der Waals surface area contributed by atoms with Crippen LogP contribution in [0.5, 0.6) is 11.5 Å². The van der Waals surface area contributed by atoms with Crippen LogP contribution in [0, 0.1) is 5.92 Å². The first-order valence-corrected chi connectivity index (χ1v) is 15.4. The molecule has 6 rings (SSSR count). The number of fused-ring (bicyclic) bond motifs is 1. The van der Waals surface area contributed by atoms with Gasteiger partial charge in [0.15, 0.2) is 5.82 Å². The van der Waals surface area contributed by atoms with Crippen molar-refractivity contribution >= 4 is 11.5 Å². The van der Waals surface area contributed by atoms with Crippen LogP contribution in [0.2, 0.25) is 0 Å². The fourth-order valence-electron chi connectivity index (χ4n) is 6.47. The highest BCUT2D eigenvalue weighted by molar-refractivity contribution is 5.80. The number of benzene rings is 3. The molecule has 1 amide bonds. The molecule has 0 spiro atoms. The Morgan fingerprint density at radius 2 is 1.74 bits per heavy atom. The van der Waals surface area contributed by atoms with Crippen molar-refractivity contribution in [2.45, 2.75) is 64.0 Å². The number of nitrogens with zero attached hydrogens (tertiary/aromatic N) is 3. The highest BCUT2D eigenvalue weighted by Gasteiger charge is 2.30. The van der Waals surface area contributed by atoms with Crippen LogP contribution in [-0.2, 0) is 30.6 Å². The number of aromatic nitrogens is 3. The fraction of sp³-hybridized carbons (Fsp3) is 0.361. The van der Waals surface area contributed by atoms with Crippen molar-refractivity contribution in [3.63, 3.8) is 0 Å². The zero-order chi connectivity index (χ0) is 29.6. The Balaban J connectivity index is 1.37. The van der Waals surface area contributed by atoms with Gasteiger partial charge in [0, 0.05) is 30.4 Å². The first kappa shape index (κ1) is 28.7. The summed E-state index contributed by atoms with van der Waals surface area (Å²) in [6.45, 7) is 0.519. The van der Waals surface area contributed by atoms with Gasteiger partial charge in [-0.05, 0) is 60.1 Å². The number of carbonyl (C=O) groups excluding carboxylic acids is 1. The topological polar surface area (TPSA) is 78.3 Å². The van der Waals surface area contributed by atoms with Crippen LogP contribution < -0.4 is 14.8 Å². The normalized spacial score (nSPS) is 15.2. The molecule has 2 aliphatic carbocycles. The van der Waals surface area contributed by atoms with Crippen LogP contribution in [0.4, 0.5) is 0 Å². The Bertz CT molecular complexity index is 1590. The van der Waals surface area contributed by atoms with Gasteiger partial charge >= 0.3 is 0 Å². The summed E-state index contributed by atoms with van der Waals surface area (Å²) < 4.78 is 13.4. The Labute approximate surface area is 254 Å². The van der Waals surface area contributed by atoms with Crippen LogP contribution in [0.3, 0.4) is 0 Å². The molecule has 0 unspecified atom stereocenters. The van der Waals surface area contributed by atoms with Crippen molar-refractivity contribution < 1.29 is 14.3 Å². The Morgan fingerprint density at radius 3 is 2.53 bits per heavy atom. The summed E-state index contributed by atoms with van der Waals surface area (Å²) >= 11 is 0. The van der Waals surface area contributed by atoms with Gasteiger partial charge < -0.3 is 19.4 Å². The number of ether oxygens (including phenoxy) is 2. The molecule has 0 bridgehead atoms. The molecule has 7 heteroatoms. The molecular formula is C36H40N4O3. The highest BCUT2D eigenvalue weighted by Crippen LogP contribution is 2.36. The van der Waals surface area contributed by atoms with E-state index in [1.165, 1.54) is 22.3 Å². The largest absolute Gasteiger partial charge is 0.497 e. The van der Waals surface area contributed by atoms with E-state index in [0.29, 0.717) is 13.0 Å². The molecule has 222 valence electrons. The van der Waals surface area contributed by atoms with Gasteiger partial charge in [-0.3, -0.25) is 4.79 Å². The lowest BCUT2D eigenvalue weighted by atomic mass is 9.98. The molecule has 1 atom stereocenters. The van der Waals surface area contributed by atoms with Gasteiger partial charge in [-0.1, -0.05) is 73.5 Å². The molecule has 0 radical (unpaired) electrons. The minimum Gasteiger partial charge on any atom is -0.497 e. The average Bonchev–Trinajstić information content (AvgIpc) is 3.82. The molecule has 2 aliphatic rings. The van der Waals surface area contributed by atoms with Crippen molar-refractivity contribution in [1.82, 2.24) is 20.1 Å². The smallest absolute Gasteiger partial charge is 0.223 e. The summed E-state index contributed by atoms with van der Waals surface area (Å²) in [5.41, 5.74) is 6.08. The van der Waals surface area contributed by atoms with Gasteiger partial charge in [-0.25, -0.2) is 0 Å². The van der Waals surface area contributed by atoms with E-state index in [9.17, 15) is 4.79 Å². The molecule has 3 aromatic carbocycles. The molecule has 1 saturated carbocycles. The second kappa shape index (κ2) is 13.3. The second-order valence-corrected chi connectivity index (χ2v) is 11.6. The van der Waals surface area contributed by atoms with Gasteiger partial charge in [0.25, 0.3) is 0 Å². The van der Waals surface area contributed by atoms with Crippen molar-refractivity contribution in [1.29, 1.82) is 0 Å². The summed E-state index contributed by atoms with van der Waals surface area (Å²) in [5.74, 6) is 3.32. The van der Waals surface area contributed by atoms with E-state index in [4.69, 9.17) is 19.7 Å². The summed E-state index contributed by atoms with van der Waals surface area (Å²) in [7, 11) is 3.33. The van der Waals surface area contributed by atoms with E-state index in [2.05, 4.69) is 64.5 Å². The molecule has 7 nitrogen and oxygen atoms in total. The third-order valence-electron chi connectivity index (χ3n) is 8.87. The second-order valence-electron chi connectivity index (χ2n) is 11.6. The molecule has 1 heterocycles. The Hall–Kier alpha value is -4.39. The van der Waals surface area contributed by atoms with Gasteiger partial charge in [-0.15, -0.1) is 10.2 Å². The van der Waals surface area contributed by atoms with Crippen molar-refractivity contribution in [3.8, 4) is 11.5 Å². The maximum Gasteiger partial charge on any atom is 0.223 e. The first-order valence-electron chi connectivity index (χ1n) is 15.4. The minimum atomic E-state index is -0.312. The minimum absolute atomic E-state index is 0.0583. The Kier molecular flexibility index (Phi) is 8.87. The number of carbonyl (C=O) groups is 1. The Morgan fingerprint density at radius 1 is 0.953 bits per heavy atom. The van der Waals surface area contributed by atoms with Gasteiger partial charge in [0.1, 0.15) is 17.3 Å².